The fourth-order valence-corrected chi connectivity index (χ4v) is 1.11. The Hall–Kier alpha value is -2.44. The van der Waals surface area contributed by atoms with Crippen LogP contribution in [0.5, 0.6) is 11.8 Å². The van der Waals surface area contributed by atoms with Crippen LogP contribution in [0, 0.1) is 0 Å². The van der Waals surface area contributed by atoms with Crippen LogP contribution >= 0.6 is 0 Å². The van der Waals surface area contributed by atoms with E-state index in [1.165, 1.54) is 13.2 Å². The molecule has 7 nitrogen and oxygen atoms in total. The molecule has 1 aromatic heterocycles. The van der Waals surface area contributed by atoms with E-state index >= 15 is 0 Å². The summed E-state index contributed by atoms with van der Waals surface area (Å²) in [5.41, 5.74) is 0.392. The number of carbonyl (C=O) groups is 1. The van der Waals surface area contributed by atoms with Gasteiger partial charge in [-0.15, -0.1) is 0 Å². The number of ether oxygens (including phenoxy) is 2. The summed E-state index contributed by atoms with van der Waals surface area (Å²) in [6, 6.07) is 6.57. The Bertz CT molecular complexity index is 483. The zero-order chi connectivity index (χ0) is 11.4. The number of H-pyrrole nitrogens is 1. The third kappa shape index (κ3) is 2.14. The summed E-state index contributed by atoms with van der Waals surface area (Å²) in [6.07, 6.45) is 0. The maximum Gasteiger partial charge on any atom is 0.361 e. The Labute approximate surface area is 90.4 Å². The van der Waals surface area contributed by atoms with Gasteiger partial charge in [0, 0.05) is 0 Å². The van der Waals surface area contributed by atoms with Gasteiger partial charge in [-0.3, -0.25) is 0 Å². The van der Waals surface area contributed by atoms with Crippen LogP contribution in [0.25, 0.3) is 0 Å². The number of hydrogen-bond acceptors (Lipinski definition) is 6. The molecule has 0 saturated carbocycles. The number of hydrogen-bond donors (Lipinski definition) is 1. The number of benzene rings is 1. The first kappa shape index (κ1) is 10.1. The highest BCUT2D eigenvalue weighted by molar-refractivity contribution is 5.89. The molecule has 0 aliphatic carbocycles. The van der Waals surface area contributed by atoms with Gasteiger partial charge in [0.05, 0.1) is 12.7 Å². The Balaban J connectivity index is 2.19. The van der Waals surface area contributed by atoms with Gasteiger partial charge in [0.25, 0.3) is 0 Å². The van der Waals surface area contributed by atoms with Gasteiger partial charge in [-0.1, -0.05) is 16.3 Å². The molecular formula is C9H8N4O3. The molecule has 0 saturated heterocycles. The standard InChI is InChI=1S/C9H8N4O3/c1-15-8(14)6-3-2-4-7(5-6)16-9-10-12-13-11-9/h2-5H,1H3,(H,10,11,12,13). The van der Waals surface area contributed by atoms with Gasteiger partial charge in [0.1, 0.15) is 5.75 Å². The normalized spacial score (nSPS) is 9.81. The quantitative estimate of drug-likeness (QED) is 0.768. The van der Waals surface area contributed by atoms with Gasteiger partial charge >= 0.3 is 12.0 Å². The highest BCUT2D eigenvalue weighted by Crippen LogP contribution is 2.18. The fraction of sp³-hybridized carbons (Fsp3) is 0.111. The van der Waals surface area contributed by atoms with E-state index < -0.39 is 5.97 Å². The number of rotatable bonds is 3. The average molecular weight is 220 g/mol. The molecule has 0 amide bonds. The van der Waals surface area contributed by atoms with Crippen LogP contribution in [-0.4, -0.2) is 33.7 Å². The molecule has 0 radical (unpaired) electrons. The molecule has 2 aromatic rings. The van der Waals surface area contributed by atoms with Crippen LogP contribution < -0.4 is 4.74 Å². The molecule has 1 aromatic carbocycles. The van der Waals surface area contributed by atoms with Gasteiger partial charge in [-0.2, -0.15) is 5.21 Å². The van der Waals surface area contributed by atoms with Crippen molar-refractivity contribution >= 4 is 5.97 Å². The maximum absolute atomic E-state index is 11.2. The number of aromatic amines is 1. The highest BCUT2D eigenvalue weighted by Gasteiger charge is 2.07. The van der Waals surface area contributed by atoms with Gasteiger partial charge in [-0.05, 0) is 23.4 Å². The topological polar surface area (TPSA) is 90.0 Å². The van der Waals surface area contributed by atoms with E-state index in [0.717, 1.165) is 0 Å². The molecule has 1 heterocycles. The van der Waals surface area contributed by atoms with Gasteiger partial charge in [-0.25, -0.2) is 4.79 Å². The summed E-state index contributed by atoms with van der Waals surface area (Å²) >= 11 is 0. The van der Waals surface area contributed by atoms with E-state index in [-0.39, 0.29) is 6.01 Å². The van der Waals surface area contributed by atoms with Crippen molar-refractivity contribution in [3.05, 3.63) is 29.8 Å². The van der Waals surface area contributed by atoms with Crippen molar-refractivity contribution in [1.82, 2.24) is 20.6 Å². The van der Waals surface area contributed by atoms with Crippen molar-refractivity contribution < 1.29 is 14.3 Å². The Morgan fingerprint density at radius 1 is 1.44 bits per heavy atom. The van der Waals surface area contributed by atoms with Crippen LogP contribution in [0.3, 0.4) is 0 Å². The molecule has 0 aliphatic rings. The van der Waals surface area contributed by atoms with Crippen molar-refractivity contribution in [2.75, 3.05) is 7.11 Å². The fourth-order valence-electron chi connectivity index (χ4n) is 1.11. The zero-order valence-corrected chi connectivity index (χ0v) is 8.38. The molecule has 2 rings (SSSR count). The lowest BCUT2D eigenvalue weighted by atomic mass is 10.2. The maximum atomic E-state index is 11.2. The molecular weight excluding hydrogens is 212 g/mol. The molecule has 16 heavy (non-hydrogen) atoms. The van der Waals surface area contributed by atoms with E-state index in [1.807, 2.05) is 0 Å². The molecule has 0 spiro atoms. The second-order valence-corrected chi connectivity index (χ2v) is 2.82. The van der Waals surface area contributed by atoms with E-state index in [2.05, 4.69) is 25.4 Å². The minimum absolute atomic E-state index is 0.0852. The first-order valence-corrected chi connectivity index (χ1v) is 4.39. The number of methoxy groups -OCH3 is 1. The molecule has 82 valence electrons. The predicted molar refractivity (Wildman–Crippen MR) is 52.0 cm³/mol. The molecule has 0 atom stereocenters. The summed E-state index contributed by atoms with van der Waals surface area (Å²) < 4.78 is 9.81. The summed E-state index contributed by atoms with van der Waals surface area (Å²) in [5.74, 6) is 0.00265. The average Bonchev–Trinajstić information content (AvgIpc) is 2.81. The van der Waals surface area contributed by atoms with Crippen LogP contribution in [-0.2, 0) is 4.74 Å². The molecule has 0 bridgehead atoms. The zero-order valence-electron chi connectivity index (χ0n) is 8.38. The van der Waals surface area contributed by atoms with Crippen LogP contribution in [0.1, 0.15) is 10.4 Å². The SMILES string of the molecule is COC(=O)c1cccc(Oc2nn[nH]n2)c1. The molecule has 7 heteroatoms. The second-order valence-electron chi connectivity index (χ2n) is 2.82. The van der Waals surface area contributed by atoms with Gasteiger partial charge in [0.2, 0.25) is 0 Å². The number of nitrogens with zero attached hydrogens (tertiary/aromatic N) is 3. The summed E-state index contributed by atoms with van der Waals surface area (Å²) in [7, 11) is 1.31. The van der Waals surface area contributed by atoms with Crippen molar-refractivity contribution in [1.29, 1.82) is 0 Å². The first-order chi connectivity index (χ1) is 7.79. The molecule has 1 N–H and O–H groups in total. The molecule has 0 unspecified atom stereocenters. The van der Waals surface area contributed by atoms with Crippen molar-refractivity contribution in [3.8, 4) is 11.8 Å². The number of carbonyl (C=O) groups excluding carboxylic acids is 1. The third-order valence-corrected chi connectivity index (χ3v) is 1.79. The highest BCUT2D eigenvalue weighted by atomic mass is 16.5. The summed E-state index contributed by atoms with van der Waals surface area (Å²) in [6.45, 7) is 0. The van der Waals surface area contributed by atoms with Gasteiger partial charge in [0.15, 0.2) is 0 Å². The van der Waals surface area contributed by atoms with Gasteiger partial charge < -0.3 is 9.47 Å². The van der Waals surface area contributed by atoms with E-state index in [9.17, 15) is 4.79 Å². The lowest BCUT2D eigenvalue weighted by Gasteiger charge is -2.02. The lowest BCUT2D eigenvalue weighted by Crippen LogP contribution is -2.00. The first-order valence-electron chi connectivity index (χ1n) is 4.39. The van der Waals surface area contributed by atoms with Crippen LogP contribution in [0.4, 0.5) is 0 Å². The number of esters is 1. The second kappa shape index (κ2) is 4.39. The smallest absolute Gasteiger partial charge is 0.361 e. The van der Waals surface area contributed by atoms with Crippen molar-refractivity contribution in [2.45, 2.75) is 0 Å². The predicted octanol–water partition coefficient (Wildman–Crippen LogP) is 0.779. The van der Waals surface area contributed by atoms with E-state index in [1.54, 1.807) is 18.2 Å². The lowest BCUT2D eigenvalue weighted by molar-refractivity contribution is 0.0600. The molecule has 0 fully saturated rings. The third-order valence-electron chi connectivity index (χ3n) is 1.79. The summed E-state index contributed by atoms with van der Waals surface area (Å²) in [5, 5.41) is 12.8. The Morgan fingerprint density at radius 2 is 2.31 bits per heavy atom. The van der Waals surface area contributed by atoms with E-state index in [0.29, 0.717) is 11.3 Å². The number of tetrazole rings is 1. The number of nitrogens with one attached hydrogen (secondary N) is 1. The largest absolute Gasteiger partial charge is 0.465 e. The monoisotopic (exact) mass is 220 g/mol. The van der Waals surface area contributed by atoms with Crippen LogP contribution in [0.2, 0.25) is 0 Å². The van der Waals surface area contributed by atoms with Crippen molar-refractivity contribution in [2.24, 2.45) is 0 Å². The van der Waals surface area contributed by atoms with Crippen LogP contribution in [0.15, 0.2) is 24.3 Å². The summed E-state index contributed by atoms with van der Waals surface area (Å²) in [4.78, 5) is 11.2. The minimum Gasteiger partial charge on any atom is -0.465 e. The Morgan fingerprint density at radius 3 is 3.00 bits per heavy atom. The number of aromatic nitrogens is 4. The molecule has 0 aliphatic heterocycles. The Kier molecular flexibility index (Phi) is 2.77. The van der Waals surface area contributed by atoms with Crippen molar-refractivity contribution in [3.63, 3.8) is 0 Å². The van der Waals surface area contributed by atoms with E-state index in [4.69, 9.17) is 4.74 Å². The minimum atomic E-state index is -0.432.